The number of esters is 2. The maximum absolute atomic E-state index is 12.6. The number of alkyl carbamates (subject to hydrolysis) is 1. The lowest BCUT2D eigenvalue weighted by atomic mass is 10.2. The number of alkyl halides is 2. The summed E-state index contributed by atoms with van der Waals surface area (Å²) in [5.41, 5.74) is 7.13. The molecule has 2 atom stereocenters. The molecule has 0 fully saturated rings. The van der Waals surface area contributed by atoms with Gasteiger partial charge in [-0.2, -0.15) is 0 Å². The van der Waals surface area contributed by atoms with Gasteiger partial charge in [0.05, 0.1) is 16.8 Å². The van der Waals surface area contributed by atoms with Gasteiger partial charge in [0.25, 0.3) is 0 Å². The van der Waals surface area contributed by atoms with Gasteiger partial charge in [0.2, 0.25) is 0 Å². The summed E-state index contributed by atoms with van der Waals surface area (Å²) in [4.78, 5) is 38.7. The van der Waals surface area contributed by atoms with E-state index in [9.17, 15) is 14.4 Å². The van der Waals surface area contributed by atoms with Crippen molar-refractivity contribution >= 4 is 131 Å². The van der Waals surface area contributed by atoms with E-state index in [4.69, 9.17) is 80.4 Å². The maximum Gasteiger partial charge on any atom is 0.408 e. The zero-order valence-electron chi connectivity index (χ0n) is 29.2. The number of benzene rings is 2. The minimum Gasteiger partial charge on any atom is -0.444 e. The molecule has 0 bridgehead atoms. The first-order chi connectivity index (χ1) is 25.7. The maximum atomic E-state index is 12.6. The molecule has 2 aromatic heterocycles. The van der Waals surface area contributed by atoms with Crippen molar-refractivity contribution < 1.29 is 28.6 Å². The van der Waals surface area contributed by atoms with Crippen LogP contribution in [0, 0.1) is 32.3 Å². The molecule has 0 spiro atoms. The van der Waals surface area contributed by atoms with Gasteiger partial charge in [0.1, 0.15) is 36.8 Å². The van der Waals surface area contributed by atoms with Crippen LogP contribution in [0.5, 0.6) is 11.5 Å². The van der Waals surface area contributed by atoms with Crippen LogP contribution in [-0.2, 0) is 14.3 Å². The molecular weight excluding hydrogens is 884 g/mol. The van der Waals surface area contributed by atoms with Crippen LogP contribution >= 0.6 is 113 Å². The van der Waals surface area contributed by atoms with E-state index in [-0.39, 0.29) is 11.1 Å². The van der Waals surface area contributed by atoms with Gasteiger partial charge in [0.15, 0.2) is 0 Å². The molecule has 4 aromatic rings. The Bertz CT molecular complexity index is 1970. The molecule has 0 aliphatic rings. The lowest BCUT2D eigenvalue weighted by Gasteiger charge is -2.22. The fourth-order valence-electron chi connectivity index (χ4n) is 3.67. The minimum atomic E-state index is -0.884. The quantitative estimate of drug-likeness (QED) is 0.0254. The predicted octanol–water partition coefficient (Wildman–Crippen LogP) is 10.6. The molecule has 54 heavy (non-hydrogen) atoms. The molecule has 288 valence electrons. The van der Waals surface area contributed by atoms with Crippen LogP contribution in [0.3, 0.4) is 0 Å². The monoisotopic (exact) mass is 918 g/mol. The summed E-state index contributed by atoms with van der Waals surface area (Å²) in [6.07, 6.45) is 9.72. The Morgan fingerprint density at radius 1 is 0.796 bits per heavy atom. The zero-order chi connectivity index (χ0) is 40.1. The fourth-order valence-corrected chi connectivity index (χ4v) is 9.79. The Morgan fingerprint density at radius 2 is 1.22 bits per heavy atom. The Hall–Kier alpha value is -2.45. The molecule has 4 rings (SSSR count). The van der Waals surface area contributed by atoms with Crippen molar-refractivity contribution in [3.63, 3.8) is 0 Å². The Labute approximate surface area is 359 Å². The van der Waals surface area contributed by atoms with Crippen molar-refractivity contribution in [2.75, 3.05) is 28.4 Å². The largest absolute Gasteiger partial charge is 0.444 e. The number of hydrogen-bond donors (Lipinski definition) is 2. The summed E-state index contributed by atoms with van der Waals surface area (Å²) in [5.74, 6) is 6.46. The molecule has 2 unspecified atom stereocenters. The summed E-state index contributed by atoms with van der Waals surface area (Å²) < 4.78 is 17.6. The van der Waals surface area contributed by atoms with Crippen molar-refractivity contribution in [3.05, 3.63) is 68.3 Å². The van der Waals surface area contributed by atoms with E-state index >= 15 is 0 Å². The summed E-state index contributed by atoms with van der Waals surface area (Å²) in [6.45, 7) is 5.24. The first-order valence-corrected chi connectivity index (χ1v) is 23.9. The summed E-state index contributed by atoms with van der Waals surface area (Å²) in [6, 6.07) is 16.8. The number of rotatable bonds is 13. The normalized spacial score (nSPS) is 11.5. The number of carbonyl (C=O) groups excluding carboxylic acids is 3. The van der Waals surface area contributed by atoms with Gasteiger partial charge in [-0.15, -0.1) is 59.6 Å². The second kappa shape index (κ2) is 25.7. The first kappa shape index (κ1) is 47.7. The highest BCUT2D eigenvalue weighted by molar-refractivity contribution is 7.99. The van der Waals surface area contributed by atoms with Gasteiger partial charge >= 0.3 is 18.0 Å². The number of ether oxygens (including phenoxy) is 3. The van der Waals surface area contributed by atoms with Gasteiger partial charge in [0, 0.05) is 21.3 Å². The molecule has 0 radical (unpaired) electrons. The molecule has 8 nitrogen and oxygen atoms in total. The highest BCUT2D eigenvalue weighted by atomic mass is 35.5. The van der Waals surface area contributed by atoms with Crippen molar-refractivity contribution in [3.8, 4) is 57.1 Å². The lowest BCUT2D eigenvalue weighted by Crippen LogP contribution is -2.46. The van der Waals surface area contributed by atoms with E-state index in [0.717, 1.165) is 28.5 Å². The summed E-state index contributed by atoms with van der Waals surface area (Å²) >= 11 is 22.6. The van der Waals surface area contributed by atoms with Crippen LogP contribution in [0.2, 0.25) is 0 Å². The third-order valence-corrected chi connectivity index (χ3v) is 13.6. The van der Waals surface area contributed by atoms with E-state index in [1.807, 2.05) is 36.4 Å². The third-order valence-electron chi connectivity index (χ3n) is 5.87. The Balaban J connectivity index is 0.000000359. The van der Waals surface area contributed by atoms with E-state index in [1.165, 1.54) is 33.9 Å². The van der Waals surface area contributed by atoms with Crippen molar-refractivity contribution in [1.29, 1.82) is 0 Å². The number of thioether (sulfide) groups is 2. The van der Waals surface area contributed by atoms with Crippen molar-refractivity contribution in [2.24, 2.45) is 5.73 Å². The highest BCUT2D eigenvalue weighted by Crippen LogP contribution is 2.31. The van der Waals surface area contributed by atoms with Crippen LogP contribution in [0.25, 0.3) is 20.9 Å². The zero-order valence-corrected chi connectivity index (χ0v) is 37.2. The molecule has 0 saturated carbocycles. The number of amides is 1. The van der Waals surface area contributed by atoms with Crippen LogP contribution in [-0.4, -0.2) is 64.1 Å². The number of nitrogens with one attached hydrogen (secondary N) is 1. The van der Waals surface area contributed by atoms with E-state index < -0.39 is 35.7 Å². The number of terminal acetylenes is 2. The molecular formula is C36H36Cl2N2O6S8. The first-order valence-electron chi connectivity index (χ1n) is 15.4. The third kappa shape index (κ3) is 18.9. The molecule has 2 aromatic carbocycles. The van der Waals surface area contributed by atoms with E-state index in [2.05, 4.69) is 17.2 Å². The van der Waals surface area contributed by atoms with Crippen molar-refractivity contribution in [1.82, 2.24) is 5.32 Å². The topological polar surface area (TPSA) is 117 Å². The molecule has 0 saturated heterocycles. The summed E-state index contributed by atoms with van der Waals surface area (Å²) in [5, 5.41) is 2.75. The minimum absolute atomic E-state index is 0.194. The van der Waals surface area contributed by atoms with Gasteiger partial charge < -0.3 is 25.3 Å². The number of hydrogen-bond acceptors (Lipinski definition) is 15. The van der Waals surface area contributed by atoms with Crippen LogP contribution in [0.4, 0.5) is 4.79 Å². The number of carbonyl (C=O) groups is 3. The molecule has 0 aliphatic carbocycles. The standard InChI is InChI=1S/C20H21NO4S4.C15H13NO2S4.CH2Cl2/c1-5-10-27-12-15(21-19(23)25-20(2,3)4)18(22)24-14-8-6-13(7-9-14)16-11-17(26)29-28-16;1-2-7-20-9-12(16)15(17)18-11-5-3-10(4-6-11)13-8-14(19)22-21-13;2-1-3/h1,6-9,11,15H,10,12H2,2-4H3,(H,21,23);1,3-6,8,12H,7,9,16H2;1H2. The van der Waals surface area contributed by atoms with Gasteiger partial charge in [-0.05, 0) is 92.6 Å². The fraction of sp³-hybridized carbons (Fsp3) is 0.306. The average molecular weight is 920 g/mol. The van der Waals surface area contributed by atoms with Crippen LogP contribution in [0.1, 0.15) is 20.8 Å². The summed E-state index contributed by atoms with van der Waals surface area (Å²) in [7, 11) is 6.33. The second-order valence-electron chi connectivity index (χ2n) is 11.2. The van der Waals surface area contributed by atoms with Crippen LogP contribution < -0.4 is 20.5 Å². The average Bonchev–Trinajstić information content (AvgIpc) is 3.76. The number of nitrogens with two attached hydrogens (primary N) is 1. The van der Waals surface area contributed by atoms with Gasteiger partial charge in [-0.1, -0.05) is 77.6 Å². The smallest absolute Gasteiger partial charge is 0.408 e. The Morgan fingerprint density at radius 3 is 1.61 bits per heavy atom. The van der Waals surface area contributed by atoms with Gasteiger partial charge in [-0.25, -0.2) is 14.4 Å². The van der Waals surface area contributed by atoms with Crippen LogP contribution in [0.15, 0.2) is 60.7 Å². The van der Waals surface area contributed by atoms with Crippen molar-refractivity contribution in [2.45, 2.75) is 38.5 Å². The molecule has 0 aliphatic heterocycles. The molecule has 1 amide bonds. The number of halogens is 2. The highest BCUT2D eigenvalue weighted by Gasteiger charge is 2.26. The van der Waals surface area contributed by atoms with Gasteiger partial charge in [-0.3, -0.25) is 0 Å². The molecule has 18 heteroatoms. The van der Waals surface area contributed by atoms with E-state index in [0.29, 0.717) is 28.8 Å². The Kier molecular flexibility index (Phi) is 22.7. The SMILES string of the molecule is C#CCSCC(N)C(=O)Oc1ccc(-c2cc(=S)ss2)cc1.C#CCSCC(NC(=O)OC(C)(C)C)C(=O)Oc1ccc(-c2cc(=S)ss2)cc1.ClCCl. The van der Waals surface area contributed by atoms with E-state index in [1.54, 1.807) is 76.1 Å². The molecule has 2 heterocycles. The predicted molar refractivity (Wildman–Crippen MR) is 238 cm³/mol. The molecule has 3 N–H and O–H groups in total. The second-order valence-corrected chi connectivity index (χ2v) is 19.9. The lowest BCUT2D eigenvalue weighted by molar-refractivity contribution is -0.136.